The summed E-state index contributed by atoms with van der Waals surface area (Å²) in [7, 11) is 2.91. The number of ether oxygens (including phenoxy) is 2. The van der Waals surface area contributed by atoms with Crippen molar-refractivity contribution in [3.8, 4) is 0 Å². The molecule has 0 radical (unpaired) electrons. The molecule has 2 amide bonds. The molecule has 0 aromatic heterocycles. The van der Waals surface area contributed by atoms with Crippen molar-refractivity contribution < 1.29 is 28.7 Å². The topological polar surface area (TPSA) is 114 Å². The summed E-state index contributed by atoms with van der Waals surface area (Å²) in [5.74, 6) is -1.43. The molecule has 3 rings (SSSR count). The van der Waals surface area contributed by atoms with E-state index in [1.807, 2.05) is 0 Å². The van der Waals surface area contributed by atoms with Crippen molar-refractivity contribution in [1.29, 1.82) is 0 Å². The van der Waals surface area contributed by atoms with E-state index in [1.54, 1.807) is 62.5 Å². The van der Waals surface area contributed by atoms with Crippen LogP contribution in [0.3, 0.4) is 0 Å². The first-order valence-electron chi connectivity index (χ1n) is 10.1. The van der Waals surface area contributed by atoms with Gasteiger partial charge in [0.15, 0.2) is 5.17 Å². The fourth-order valence-electron chi connectivity index (χ4n) is 2.98. The summed E-state index contributed by atoms with van der Waals surface area (Å²) >= 11 is 1.20. The number of hydrogen-bond acceptors (Lipinski definition) is 8. The number of nitrogens with zero attached hydrogens (tertiary/aromatic N) is 2. The quantitative estimate of drug-likeness (QED) is 0.619. The second-order valence-corrected chi connectivity index (χ2v) is 8.16. The molecule has 172 valence electrons. The average Bonchev–Trinajstić information content (AvgIpc) is 3.07. The number of methoxy groups -OCH3 is 1. The van der Waals surface area contributed by atoms with Gasteiger partial charge in [-0.3, -0.25) is 14.5 Å². The van der Waals surface area contributed by atoms with Crippen molar-refractivity contribution in [3.63, 3.8) is 0 Å². The molecule has 1 N–H and O–H groups in total. The molecule has 1 saturated heterocycles. The first-order valence-corrected chi connectivity index (χ1v) is 11.0. The summed E-state index contributed by atoms with van der Waals surface area (Å²) in [4.78, 5) is 54.2. The Morgan fingerprint density at radius 2 is 1.64 bits per heavy atom. The van der Waals surface area contributed by atoms with Crippen LogP contribution in [-0.2, 0) is 19.1 Å². The number of hydrogen-bond donors (Lipinski definition) is 1. The lowest BCUT2D eigenvalue weighted by Gasteiger charge is -2.10. The van der Waals surface area contributed by atoms with E-state index < -0.39 is 17.2 Å². The molecular weight excluding hydrogens is 446 g/mol. The molecule has 0 spiro atoms. The maximum absolute atomic E-state index is 12.6. The van der Waals surface area contributed by atoms with Crippen molar-refractivity contribution >= 4 is 52.1 Å². The van der Waals surface area contributed by atoms with Gasteiger partial charge in [-0.15, -0.1) is 0 Å². The summed E-state index contributed by atoms with van der Waals surface area (Å²) in [6.07, 6.45) is -0.0340. The lowest BCUT2D eigenvalue weighted by atomic mass is 10.2. The van der Waals surface area contributed by atoms with Crippen LogP contribution >= 0.6 is 11.8 Å². The van der Waals surface area contributed by atoms with Crippen LogP contribution in [0.15, 0.2) is 53.5 Å². The van der Waals surface area contributed by atoms with Gasteiger partial charge in [0.2, 0.25) is 11.8 Å². The van der Waals surface area contributed by atoms with E-state index in [2.05, 4.69) is 15.0 Å². The molecule has 2 aromatic rings. The highest BCUT2D eigenvalue weighted by molar-refractivity contribution is 8.15. The maximum Gasteiger partial charge on any atom is 0.338 e. The summed E-state index contributed by atoms with van der Waals surface area (Å²) in [6.45, 7) is 2.01. The van der Waals surface area contributed by atoms with Crippen LogP contribution in [0.5, 0.6) is 0 Å². The number of amides is 2. The van der Waals surface area contributed by atoms with Gasteiger partial charge in [-0.05, 0) is 55.5 Å². The molecule has 1 aliphatic heterocycles. The zero-order valence-electron chi connectivity index (χ0n) is 18.4. The third kappa shape index (κ3) is 5.98. The fourth-order valence-corrected chi connectivity index (χ4v) is 4.14. The van der Waals surface area contributed by atoms with Crippen LogP contribution in [0.2, 0.25) is 0 Å². The molecule has 1 aliphatic rings. The second-order valence-electron chi connectivity index (χ2n) is 6.99. The number of thioether (sulfide) groups is 1. The fraction of sp³-hybridized carbons (Fsp3) is 0.261. The van der Waals surface area contributed by atoms with E-state index in [0.717, 1.165) is 0 Å². The van der Waals surface area contributed by atoms with Gasteiger partial charge in [0, 0.05) is 19.2 Å². The Hall–Kier alpha value is -3.66. The Kier molecular flexibility index (Phi) is 7.83. The molecule has 0 bridgehead atoms. The SMILES string of the molecule is CCOC(=O)c1ccc(NC(=O)CC2SC(=Nc3ccc(C(=O)OC)cc3)N(C)C2=O)cc1. The standard InChI is InChI=1S/C23H23N3O6S/c1-4-32-22(30)15-7-9-16(10-8-15)24-19(27)13-18-20(28)26(2)23(33-18)25-17-11-5-14(6-12-17)21(29)31-3/h5-12,18H,4,13H2,1-3H3,(H,24,27). The molecule has 10 heteroatoms. The van der Waals surface area contributed by atoms with Gasteiger partial charge in [-0.1, -0.05) is 11.8 Å². The number of rotatable bonds is 7. The van der Waals surface area contributed by atoms with Crippen LogP contribution in [0.25, 0.3) is 0 Å². The zero-order chi connectivity index (χ0) is 24.0. The lowest BCUT2D eigenvalue weighted by molar-refractivity contribution is -0.127. The van der Waals surface area contributed by atoms with Crippen LogP contribution in [0, 0.1) is 0 Å². The van der Waals surface area contributed by atoms with Gasteiger partial charge in [0.1, 0.15) is 5.25 Å². The van der Waals surface area contributed by atoms with Crippen molar-refractivity contribution in [2.24, 2.45) is 4.99 Å². The minimum absolute atomic E-state index is 0.0340. The van der Waals surface area contributed by atoms with Crippen LogP contribution < -0.4 is 5.32 Å². The van der Waals surface area contributed by atoms with Crippen molar-refractivity contribution in [1.82, 2.24) is 4.90 Å². The van der Waals surface area contributed by atoms with Gasteiger partial charge in [0.05, 0.1) is 30.5 Å². The monoisotopic (exact) mass is 469 g/mol. The number of anilines is 1. The smallest absolute Gasteiger partial charge is 0.338 e. The number of carbonyl (C=O) groups is 4. The van der Waals surface area contributed by atoms with E-state index in [9.17, 15) is 19.2 Å². The number of amidine groups is 1. The Bertz CT molecular complexity index is 1080. The van der Waals surface area contributed by atoms with E-state index >= 15 is 0 Å². The summed E-state index contributed by atoms with van der Waals surface area (Å²) in [5, 5.41) is 2.58. The molecule has 9 nitrogen and oxygen atoms in total. The van der Waals surface area contributed by atoms with E-state index in [-0.39, 0.29) is 24.8 Å². The second kappa shape index (κ2) is 10.8. The molecule has 0 aliphatic carbocycles. The third-order valence-corrected chi connectivity index (χ3v) is 5.93. The van der Waals surface area contributed by atoms with Gasteiger partial charge in [-0.25, -0.2) is 14.6 Å². The van der Waals surface area contributed by atoms with Gasteiger partial charge < -0.3 is 14.8 Å². The van der Waals surface area contributed by atoms with E-state index in [1.165, 1.54) is 23.8 Å². The summed E-state index contributed by atoms with van der Waals surface area (Å²) in [6, 6.07) is 12.8. The molecular formula is C23H23N3O6S. The van der Waals surface area contributed by atoms with Gasteiger partial charge >= 0.3 is 11.9 Å². The highest BCUT2D eigenvalue weighted by atomic mass is 32.2. The molecule has 33 heavy (non-hydrogen) atoms. The molecule has 1 fully saturated rings. The predicted octanol–water partition coefficient (Wildman–Crippen LogP) is 3.24. The lowest BCUT2D eigenvalue weighted by Crippen LogP contribution is -2.30. The largest absolute Gasteiger partial charge is 0.465 e. The molecule has 1 atom stereocenters. The van der Waals surface area contributed by atoms with Crippen molar-refractivity contribution in [2.45, 2.75) is 18.6 Å². The first kappa shape index (κ1) is 24.0. The van der Waals surface area contributed by atoms with Gasteiger partial charge in [0.25, 0.3) is 0 Å². The Morgan fingerprint density at radius 1 is 1.03 bits per heavy atom. The molecule has 2 aromatic carbocycles. The van der Waals surface area contributed by atoms with Crippen LogP contribution in [-0.4, -0.2) is 59.8 Å². The molecule has 1 heterocycles. The summed E-state index contributed by atoms with van der Waals surface area (Å²) in [5.41, 5.74) is 1.86. The average molecular weight is 470 g/mol. The molecule has 0 saturated carbocycles. The number of carbonyl (C=O) groups excluding carboxylic acids is 4. The highest BCUT2D eigenvalue weighted by Gasteiger charge is 2.37. The molecule has 1 unspecified atom stereocenters. The van der Waals surface area contributed by atoms with Crippen LogP contribution in [0.4, 0.5) is 11.4 Å². The minimum Gasteiger partial charge on any atom is -0.465 e. The summed E-state index contributed by atoms with van der Waals surface area (Å²) < 4.78 is 9.60. The minimum atomic E-state index is -0.609. The Balaban J connectivity index is 1.61. The van der Waals surface area contributed by atoms with E-state index in [0.29, 0.717) is 27.7 Å². The number of nitrogens with one attached hydrogen (secondary N) is 1. The first-order chi connectivity index (χ1) is 15.8. The van der Waals surface area contributed by atoms with Crippen molar-refractivity contribution in [2.75, 3.05) is 26.1 Å². The zero-order valence-corrected chi connectivity index (χ0v) is 19.2. The van der Waals surface area contributed by atoms with E-state index in [4.69, 9.17) is 4.74 Å². The van der Waals surface area contributed by atoms with Crippen molar-refractivity contribution in [3.05, 3.63) is 59.7 Å². The van der Waals surface area contributed by atoms with Crippen LogP contribution in [0.1, 0.15) is 34.1 Å². The number of aliphatic imine (C=N–C) groups is 1. The predicted molar refractivity (Wildman–Crippen MR) is 125 cm³/mol. The normalized spacial score (nSPS) is 16.6. The number of esters is 2. The number of benzene rings is 2. The van der Waals surface area contributed by atoms with Gasteiger partial charge in [-0.2, -0.15) is 0 Å². The Morgan fingerprint density at radius 3 is 2.24 bits per heavy atom. The maximum atomic E-state index is 12.6. The highest BCUT2D eigenvalue weighted by Crippen LogP contribution is 2.31. The third-order valence-electron chi connectivity index (χ3n) is 4.70. The Labute approximate surface area is 195 Å².